The van der Waals surface area contributed by atoms with Crippen LogP contribution in [0.25, 0.3) is 26.7 Å². The third-order valence-electron chi connectivity index (χ3n) is 7.30. The molecule has 46 heavy (non-hydrogen) atoms. The molecule has 0 saturated carbocycles. The van der Waals surface area contributed by atoms with Crippen LogP contribution in [-0.2, 0) is 19.1 Å². The molecule has 0 fully saturated rings. The molecule has 0 radical (unpaired) electrons. The average molecular weight is 621 g/mol. The summed E-state index contributed by atoms with van der Waals surface area (Å²) in [6, 6.07) is 13.5. The lowest BCUT2D eigenvalue weighted by Crippen LogP contribution is -2.28. The molecule has 2 aromatic rings. The van der Waals surface area contributed by atoms with Crippen LogP contribution in [0.2, 0.25) is 0 Å². The lowest BCUT2D eigenvalue weighted by molar-refractivity contribution is -0.145. The second-order valence-corrected chi connectivity index (χ2v) is 10.4. The Morgan fingerprint density at radius 1 is 0.783 bits per heavy atom. The minimum absolute atomic E-state index is 0.0190. The normalized spacial score (nSPS) is 10.4. The van der Waals surface area contributed by atoms with E-state index < -0.39 is 0 Å². The number of carbonyl (C=O) groups is 2. The van der Waals surface area contributed by atoms with Crippen molar-refractivity contribution >= 4 is 35.5 Å². The van der Waals surface area contributed by atoms with Gasteiger partial charge in [0, 0.05) is 43.4 Å². The molecule has 2 aromatic carbocycles. The molecule has 0 unspecified atom stereocenters. The highest BCUT2D eigenvalue weighted by atomic mass is 16.5. The van der Waals surface area contributed by atoms with Crippen molar-refractivity contribution in [2.45, 2.75) is 53.4 Å². The fourth-order valence-electron chi connectivity index (χ4n) is 4.66. The van der Waals surface area contributed by atoms with Gasteiger partial charge in [-0.15, -0.1) is 0 Å². The van der Waals surface area contributed by atoms with Crippen molar-refractivity contribution < 1.29 is 19.1 Å². The number of ether oxygens (including phenoxy) is 2. The van der Waals surface area contributed by atoms with Crippen molar-refractivity contribution in [1.82, 2.24) is 0 Å². The Kier molecular flexibility index (Phi) is 15.6. The van der Waals surface area contributed by atoms with Crippen LogP contribution in [0.15, 0.2) is 47.9 Å². The van der Waals surface area contributed by atoms with E-state index in [9.17, 15) is 9.59 Å². The molecule has 0 N–H and O–H groups in total. The molecule has 0 bridgehead atoms. The van der Waals surface area contributed by atoms with Gasteiger partial charge in [0.2, 0.25) is 0 Å². The molecule has 0 aliphatic rings. The van der Waals surface area contributed by atoms with Gasteiger partial charge in [0.05, 0.1) is 25.7 Å². The van der Waals surface area contributed by atoms with Crippen LogP contribution >= 0.6 is 0 Å². The van der Waals surface area contributed by atoms with Crippen LogP contribution in [0.3, 0.4) is 0 Å². The summed E-state index contributed by atoms with van der Waals surface area (Å²) in [6.45, 7) is 32.0. The van der Waals surface area contributed by atoms with Crippen molar-refractivity contribution in [3.8, 4) is 6.07 Å². The highest BCUT2D eigenvalue weighted by Crippen LogP contribution is 2.23. The van der Waals surface area contributed by atoms with Gasteiger partial charge in [-0.1, -0.05) is 12.1 Å². The third-order valence-corrected chi connectivity index (χ3v) is 7.30. The zero-order chi connectivity index (χ0) is 33.9. The van der Waals surface area contributed by atoms with Crippen molar-refractivity contribution in [2.75, 3.05) is 49.2 Å². The Labute approximate surface area is 272 Å². The maximum Gasteiger partial charge on any atom is 0.519 e. The Morgan fingerprint density at radius 3 is 1.61 bits per heavy atom. The zero-order valence-corrected chi connectivity index (χ0v) is 27.0. The molecule has 0 heterocycles. The van der Waals surface area contributed by atoms with E-state index in [1.807, 2.05) is 70.2 Å². The topological polar surface area (TPSA) is 96.0 Å². The monoisotopic (exact) mass is 620 g/mol. The summed E-state index contributed by atoms with van der Waals surface area (Å²) >= 11 is 0. The minimum Gasteiger partial charge on any atom is -0.464 e. The van der Waals surface area contributed by atoms with E-state index in [-0.39, 0.29) is 49.5 Å². The van der Waals surface area contributed by atoms with Gasteiger partial charge in [0.25, 0.3) is 5.70 Å². The number of unbranched alkanes of at least 4 members (excludes halogenated alkanes) is 1. The fourth-order valence-corrected chi connectivity index (χ4v) is 4.66. The molecule has 0 atom stereocenters. The van der Waals surface area contributed by atoms with Gasteiger partial charge >= 0.3 is 17.8 Å². The van der Waals surface area contributed by atoms with E-state index >= 15 is 0 Å². The first-order valence-corrected chi connectivity index (χ1v) is 15.2. The molecule has 2 rings (SSSR count). The minimum atomic E-state index is -0.306. The number of benzene rings is 2. The number of hydrogen-bond donors (Lipinski definition) is 0. The second-order valence-electron chi connectivity index (χ2n) is 10.4. The molecule has 0 amide bonds. The van der Waals surface area contributed by atoms with Crippen LogP contribution in [-0.4, -0.2) is 51.3 Å². The van der Waals surface area contributed by atoms with Gasteiger partial charge in [-0.2, -0.15) is 9.69 Å². The number of allylic oxidation sites excluding steroid dienone is 1. The molecule has 0 aliphatic heterocycles. The Balaban J connectivity index is 1.70. The largest absolute Gasteiger partial charge is 0.519 e. The van der Waals surface area contributed by atoms with Crippen molar-refractivity contribution in [3.05, 3.63) is 104 Å². The summed E-state index contributed by atoms with van der Waals surface area (Å²) in [5.74, 6) is -0.593. The van der Waals surface area contributed by atoms with E-state index in [1.54, 1.807) is 12.2 Å². The van der Waals surface area contributed by atoms with Gasteiger partial charge in [-0.05, 0) is 93.1 Å². The van der Waals surface area contributed by atoms with Gasteiger partial charge in [-0.3, -0.25) is 9.59 Å². The number of carbonyl (C=O) groups excluding carboxylic acids is 2. The molecule has 10 nitrogen and oxygen atoms in total. The SMILES string of the molecule is [C-]#[N+]C(C#N)=Cc1ccc(N(CC)CCOC(=O)CCCCC(=O)OCCN(CC)c2ccc(C=C([N+]#[C-])[N+]#[C-])c(C)c2)cc1C. The summed E-state index contributed by atoms with van der Waals surface area (Å²) in [7, 11) is 0. The lowest BCUT2D eigenvalue weighted by atomic mass is 10.1. The zero-order valence-electron chi connectivity index (χ0n) is 27.0. The van der Waals surface area contributed by atoms with E-state index in [0.29, 0.717) is 32.5 Å². The van der Waals surface area contributed by atoms with Gasteiger partial charge in [-0.25, -0.2) is 10.1 Å². The summed E-state index contributed by atoms with van der Waals surface area (Å²) < 4.78 is 10.8. The quantitative estimate of drug-likeness (QED) is 0.0797. The first kappa shape index (κ1) is 36.6. The fraction of sp³-hybridized carbons (Fsp3) is 0.389. The predicted molar refractivity (Wildman–Crippen MR) is 180 cm³/mol. The highest BCUT2D eigenvalue weighted by Gasteiger charge is 2.12. The summed E-state index contributed by atoms with van der Waals surface area (Å²) in [6.07, 6.45) is 4.65. The van der Waals surface area contributed by atoms with Gasteiger partial charge in [0.15, 0.2) is 0 Å². The van der Waals surface area contributed by atoms with Gasteiger partial charge in [0.1, 0.15) is 26.4 Å². The second kappa shape index (κ2) is 19.6. The van der Waals surface area contributed by atoms with Crippen LogP contribution in [0.4, 0.5) is 11.4 Å². The van der Waals surface area contributed by atoms with Crippen LogP contribution in [0.5, 0.6) is 0 Å². The Morgan fingerprint density at radius 2 is 1.24 bits per heavy atom. The van der Waals surface area contributed by atoms with Crippen molar-refractivity contribution in [1.29, 1.82) is 5.26 Å². The molecule has 0 aliphatic carbocycles. The molecule has 0 spiro atoms. The molecule has 238 valence electrons. The van der Waals surface area contributed by atoms with Gasteiger partial charge < -0.3 is 19.3 Å². The summed E-state index contributed by atoms with van der Waals surface area (Å²) in [5.41, 5.74) is 5.48. The molecular weight excluding hydrogens is 580 g/mol. The number of nitriles is 1. The van der Waals surface area contributed by atoms with E-state index in [2.05, 4.69) is 24.3 Å². The van der Waals surface area contributed by atoms with E-state index in [4.69, 9.17) is 34.5 Å². The average Bonchev–Trinajstić information content (AvgIpc) is 3.06. The van der Waals surface area contributed by atoms with Crippen LogP contribution < -0.4 is 9.80 Å². The van der Waals surface area contributed by atoms with Crippen molar-refractivity contribution in [2.24, 2.45) is 0 Å². The number of anilines is 2. The Bertz CT molecular complexity index is 1450. The third kappa shape index (κ3) is 11.8. The lowest BCUT2D eigenvalue weighted by Gasteiger charge is -2.24. The maximum atomic E-state index is 12.2. The first-order chi connectivity index (χ1) is 22.2. The molecule has 0 saturated heterocycles. The smallest absolute Gasteiger partial charge is 0.464 e. The standard InChI is InChI=1S/C36H40N6O4/c1-8-41(32-16-14-29(27(3)22-32)24-31(26-37)38-5)18-20-45-35(43)12-10-11-13-36(44)46-21-19-42(9-2)33-17-15-30(28(4)23-33)25-34(39-6)40-7/h14-17,22-25H,8-13,18-21H2,1-4H3. The Hall–Kier alpha value is -5.58. The highest BCUT2D eigenvalue weighted by molar-refractivity contribution is 5.71. The molecule has 0 aromatic heterocycles. The van der Waals surface area contributed by atoms with E-state index in [1.165, 1.54) is 0 Å². The number of aryl methyl sites for hydroxylation is 2. The van der Waals surface area contributed by atoms with Crippen LogP contribution in [0, 0.1) is 44.9 Å². The maximum absolute atomic E-state index is 12.2. The molecule has 10 heteroatoms. The van der Waals surface area contributed by atoms with Crippen molar-refractivity contribution in [3.63, 3.8) is 0 Å². The number of likely N-dealkylation sites (N-methyl/N-ethyl adjacent to an activating group) is 2. The number of rotatable bonds is 17. The molecular formula is C36H40N6O4. The summed E-state index contributed by atoms with van der Waals surface area (Å²) in [5, 5.41) is 9.01. The van der Waals surface area contributed by atoms with E-state index in [0.717, 1.165) is 40.2 Å². The number of esters is 2. The number of nitrogens with zero attached hydrogens (tertiary/aromatic N) is 6. The predicted octanol–water partition coefficient (Wildman–Crippen LogP) is 7.22. The van der Waals surface area contributed by atoms with Crippen LogP contribution in [0.1, 0.15) is 61.8 Å². The number of hydrogen-bond acceptors (Lipinski definition) is 7. The summed E-state index contributed by atoms with van der Waals surface area (Å²) in [4.78, 5) is 38.3. The first-order valence-electron chi connectivity index (χ1n) is 15.2.